The summed E-state index contributed by atoms with van der Waals surface area (Å²) < 4.78 is 9.52. The minimum absolute atomic E-state index is 0.118. The van der Waals surface area contributed by atoms with E-state index in [4.69, 9.17) is 4.74 Å². The summed E-state index contributed by atoms with van der Waals surface area (Å²) in [6.07, 6.45) is 8.96. The first-order valence-electron chi connectivity index (χ1n) is 12.8. The van der Waals surface area contributed by atoms with Crippen LogP contribution in [0.25, 0.3) is 22.3 Å². The highest BCUT2D eigenvalue weighted by molar-refractivity contribution is 5.96. The van der Waals surface area contributed by atoms with Gasteiger partial charge in [0.25, 0.3) is 5.91 Å². The minimum Gasteiger partial charge on any atom is -0.492 e. The Morgan fingerprint density at radius 3 is 2.16 bits per heavy atom. The summed E-state index contributed by atoms with van der Waals surface area (Å²) in [6.45, 7) is 7.79. The first-order valence-corrected chi connectivity index (χ1v) is 12.8. The molecule has 1 atom stereocenters. The van der Waals surface area contributed by atoms with Gasteiger partial charge in [0.05, 0.1) is 18.4 Å². The molecular weight excluding hydrogens is 464 g/mol. The molecule has 1 aliphatic rings. The number of hydrogen-bond acceptors (Lipinski definition) is 5. The van der Waals surface area contributed by atoms with Crippen LogP contribution in [0.5, 0.6) is 5.75 Å². The molecule has 3 heterocycles. The summed E-state index contributed by atoms with van der Waals surface area (Å²) in [4.78, 5) is 15.7. The molecule has 0 unspecified atom stereocenters. The lowest BCUT2D eigenvalue weighted by atomic mass is 9.96. The molecule has 5 rings (SSSR count). The zero-order chi connectivity index (χ0) is 25.9. The Morgan fingerprint density at radius 1 is 0.973 bits per heavy atom. The number of aromatic nitrogens is 4. The lowest BCUT2D eigenvalue weighted by Crippen LogP contribution is -2.39. The van der Waals surface area contributed by atoms with E-state index in [1.807, 2.05) is 70.9 Å². The van der Waals surface area contributed by atoms with Crippen molar-refractivity contribution in [3.8, 4) is 28.0 Å². The van der Waals surface area contributed by atoms with Crippen molar-refractivity contribution in [3.63, 3.8) is 0 Å². The van der Waals surface area contributed by atoms with Crippen molar-refractivity contribution in [2.24, 2.45) is 14.1 Å². The van der Waals surface area contributed by atoms with E-state index in [9.17, 15) is 4.79 Å². The van der Waals surface area contributed by atoms with Crippen molar-refractivity contribution in [2.75, 3.05) is 26.2 Å². The second kappa shape index (κ2) is 10.6. The summed E-state index contributed by atoms with van der Waals surface area (Å²) in [6, 6.07) is 11.9. The highest BCUT2D eigenvalue weighted by Gasteiger charge is 2.18. The molecule has 37 heavy (non-hydrogen) atoms. The van der Waals surface area contributed by atoms with Gasteiger partial charge in [-0.2, -0.15) is 10.2 Å². The minimum atomic E-state index is -0.213. The van der Waals surface area contributed by atoms with Crippen molar-refractivity contribution in [1.29, 1.82) is 0 Å². The maximum Gasteiger partial charge on any atom is 0.252 e. The van der Waals surface area contributed by atoms with Crippen LogP contribution in [0.1, 0.15) is 40.9 Å². The maximum absolute atomic E-state index is 13.4. The summed E-state index contributed by atoms with van der Waals surface area (Å²) in [5.74, 6) is 0.606. The topological polar surface area (TPSA) is 77.2 Å². The molecule has 1 fully saturated rings. The summed E-state index contributed by atoms with van der Waals surface area (Å²) >= 11 is 0. The van der Waals surface area contributed by atoms with Gasteiger partial charge in [-0.15, -0.1) is 0 Å². The molecule has 192 valence electrons. The molecule has 8 heteroatoms. The quantitative estimate of drug-likeness (QED) is 0.371. The third kappa shape index (κ3) is 5.75. The predicted octanol–water partition coefficient (Wildman–Crippen LogP) is 4.37. The summed E-state index contributed by atoms with van der Waals surface area (Å²) in [5, 5.41) is 11.9. The molecule has 1 saturated heterocycles. The van der Waals surface area contributed by atoms with E-state index in [2.05, 4.69) is 38.6 Å². The first kappa shape index (κ1) is 24.8. The smallest absolute Gasteiger partial charge is 0.252 e. The number of nitrogens with zero attached hydrogens (tertiary/aromatic N) is 5. The maximum atomic E-state index is 13.4. The zero-order valence-electron chi connectivity index (χ0n) is 21.9. The standard InChI is InChI=1S/C29H34N6O2/c1-20-6-7-27(37-11-10-35-8-5-9-35)15-28(20)29(36)32-21(2)22-12-23(25-16-30-33(3)18-25)14-24(13-22)26-17-31-34(4)19-26/h6-7,12-19,21H,5,8-11H2,1-4H3,(H,32,36)/t21-/m1/s1. The number of carbonyl (C=O) groups is 1. The van der Waals surface area contributed by atoms with E-state index in [1.54, 1.807) is 9.36 Å². The molecule has 2 aromatic heterocycles. The Hall–Kier alpha value is -3.91. The van der Waals surface area contributed by atoms with Crippen molar-refractivity contribution in [2.45, 2.75) is 26.3 Å². The molecule has 1 amide bonds. The highest BCUT2D eigenvalue weighted by atomic mass is 16.5. The largest absolute Gasteiger partial charge is 0.492 e. The molecule has 8 nitrogen and oxygen atoms in total. The van der Waals surface area contributed by atoms with Gasteiger partial charge < -0.3 is 10.1 Å². The Morgan fingerprint density at radius 2 is 1.62 bits per heavy atom. The second-order valence-corrected chi connectivity index (χ2v) is 9.86. The number of hydrogen-bond donors (Lipinski definition) is 1. The van der Waals surface area contributed by atoms with Gasteiger partial charge in [-0.25, -0.2) is 0 Å². The number of ether oxygens (including phenoxy) is 1. The van der Waals surface area contributed by atoms with E-state index < -0.39 is 0 Å². The molecule has 0 saturated carbocycles. The molecule has 0 spiro atoms. The van der Waals surface area contributed by atoms with Crippen LogP contribution >= 0.6 is 0 Å². The van der Waals surface area contributed by atoms with Crippen molar-refractivity contribution < 1.29 is 9.53 Å². The van der Waals surface area contributed by atoms with Gasteiger partial charge in [0, 0.05) is 49.7 Å². The van der Waals surface area contributed by atoms with E-state index in [1.165, 1.54) is 6.42 Å². The molecule has 1 N–H and O–H groups in total. The van der Waals surface area contributed by atoms with Crippen LogP contribution < -0.4 is 10.1 Å². The average Bonchev–Trinajstić information content (AvgIpc) is 3.49. The SMILES string of the molecule is Cc1ccc(OCCN2CCC2)cc1C(=O)N[C@H](C)c1cc(-c2cnn(C)c2)cc(-c2cnn(C)c2)c1. The summed E-state index contributed by atoms with van der Waals surface area (Å²) in [5.41, 5.74) is 6.68. The van der Waals surface area contributed by atoms with Gasteiger partial charge in [-0.1, -0.05) is 6.07 Å². The number of amides is 1. The Labute approximate surface area is 217 Å². The second-order valence-electron chi connectivity index (χ2n) is 9.86. The van der Waals surface area contributed by atoms with Crippen molar-refractivity contribution >= 4 is 5.91 Å². The van der Waals surface area contributed by atoms with Crippen molar-refractivity contribution in [1.82, 2.24) is 29.8 Å². The number of nitrogens with one attached hydrogen (secondary N) is 1. The molecule has 1 aliphatic heterocycles. The fraction of sp³-hybridized carbons (Fsp3) is 0.345. The number of rotatable bonds is 9. The van der Waals surface area contributed by atoms with Crippen LogP contribution in [0, 0.1) is 6.92 Å². The van der Waals surface area contributed by atoms with Gasteiger partial charge in [0.15, 0.2) is 0 Å². The Bertz CT molecular complexity index is 1340. The van der Waals surface area contributed by atoms with Crippen LogP contribution in [-0.2, 0) is 14.1 Å². The fourth-order valence-corrected chi connectivity index (χ4v) is 4.57. The number of likely N-dealkylation sites (tertiary alicyclic amines) is 1. The lowest BCUT2D eigenvalue weighted by Gasteiger charge is -2.30. The summed E-state index contributed by atoms with van der Waals surface area (Å²) in [7, 11) is 3.81. The highest BCUT2D eigenvalue weighted by Crippen LogP contribution is 2.30. The van der Waals surface area contributed by atoms with Crippen molar-refractivity contribution in [3.05, 3.63) is 77.9 Å². The van der Waals surface area contributed by atoms with Crippen LogP contribution in [0.2, 0.25) is 0 Å². The average molecular weight is 499 g/mol. The molecule has 0 bridgehead atoms. The van der Waals surface area contributed by atoms with Gasteiger partial charge in [-0.05, 0) is 85.9 Å². The monoisotopic (exact) mass is 498 g/mol. The van der Waals surface area contributed by atoms with Crippen LogP contribution in [0.4, 0.5) is 0 Å². The van der Waals surface area contributed by atoms with E-state index in [0.717, 1.165) is 58.8 Å². The lowest BCUT2D eigenvalue weighted by molar-refractivity contribution is 0.0938. The number of benzene rings is 2. The fourth-order valence-electron chi connectivity index (χ4n) is 4.57. The first-order chi connectivity index (χ1) is 17.9. The molecular formula is C29H34N6O2. The van der Waals surface area contributed by atoms with E-state index in [-0.39, 0.29) is 11.9 Å². The third-order valence-electron chi connectivity index (χ3n) is 6.96. The van der Waals surface area contributed by atoms with E-state index in [0.29, 0.717) is 12.2 Å². The predicted molar refractivity (Wildman–Crippen MR) is 144 cm³/mol. The van der Waals surface area contributed by atoms with Crippen LogP contribution in [-0.4, -0.2) is 56.6 Å². The molecule has 2 aromatic carbocycles. The third-order valence-corrected chi connectivity index (χ3v) is 6.96. The molecule has 4 aromatic rings. The molecule has 0 radical (unpaired) electrons. The Balaban J connectivity index is 1.36. The normalized spacial score (nSPS) is 14.3. The van der Waals surface area contributed by atoms with Gasteiger partial charge in [0.1, 0.15) is 12.4 Å². The number of carbonyl (C=O) groups excluding carboxylic acids is 1. The number of aryl methyl sites for hydroxylation is 3. The van der Waals surface area contributed by atoms with Gasteiger partial charge >= 0.3 is 0 Å². The van der Waals surface area contributed by atoms with Crippen LogP contribution in [0.3, 0.4) is 0 Å². The molecule has 0 aliphatic carbocycles. The van der Waals surface area contributed by atoms with E-state index >= 15 is 0 Å². The van der Waals surface area contributed by atoms with Gasteiger partial charge in [0.2, 0.25) is 0 Å². The van der Waals surface area contributed by atoms with Gasteiger partial charge in [-0.3, -0.25) is 19.1 Å². The Kier molecular flexibility index (Phi) is 7.10. The van der Waals surface area contributed by atoms with Crippen LogP contribution in [0.15, 0.2) is 61.2 Å². The zero-order valence-corrected chi connectivity index (χ0v) is 21.9.